The van der Waals surface area contributed by atoms with Gasteiger partial charge in [0.2, 0.25) is 11.9 Å². The van der Waals surface area contributed by atoms with Gasteiger partial charge in [0, 0.05) is 24.3 Å². The molecule has 0 saturated heterocycles. The first-order chi connectivity index (χ1) is 11.2. The second-order valence-corrected chi connectivity index (χ2v) is 5.67. The summed E-state index contributed by atoms with van der Waals surface area (Å²) < 4.78 is 0. The molecule has 1 fully saturated rings. The molecule has 120 valence electrons. The van der Waals surface area contributed by atoms with Crippen molar-refractivity contribution in [3.8, 4) is 0 Å². The van der Waals surface area contributed by atoms with Gasteiger partial charge in [0.1, 0.15) is 0 Å². The van der Waals surface area contributed by atoms with E-state index < -0.39 is 0 Å². The van der Waals surface area contributed by atoms with E-state index in [1.807, 2.05) is 24.3 Å². The summed E-state index contributed by atoms with van der Waals surface area (Å²) in [6, 6.07) is 7.85. The Labute approximate surface area is 134 Å². The number of carbonyl (C=O) groups excluding carboxylic acids is 1. The largest absolute Gasteiger partial charge is 0.350 e. The maximum Gasteiger partial charge on any atom is 0.244 e. The van der Waals surface area contributed by atoms with Gasteiger partial charge in [-0.25, -0.2) is 0 Å². The minimum absolute atomic E-state index is 0.0895. The lowest BCUT2D eigenvalue weighted by molar-refractivity contribution is -0.114. The van der Waals surface area contributed by atoms with Crippen molar-refractivity contribution < 1.29 is 4.79 Å². The van der Waals surface area contributed by atoms with E-state index in [0.29, 0.717) is 17.8 Å². The molecule has 1 amide bonds. The van der Waals surface area contributed by atoms with Crippen molar-refractivity contribution >= 4 is 29.0 Å². The molecule has 7 nitrogen and oxygen atoms in total. The van der Waals surface area contributed by atoms with Crippen LogP contribution in [0.3, 0.4) is 0 Å². The van der Waals surface area contributed by atoms with Crippen LogP contribution in [0.2, 0.25) is 0 Å². The molecule has 1 aromatic carbocycles. The maximum atomic E-state index is 11.0. The number of amides is 1. The van der Waals surface area contributed by atoms with Gasteiger partial charge in [0.15, 0.2) is 5.82 Å². The van der Waals surface area contributed by atoms with E-state index in [2.05, 4.69) is 31.1 Å². The fourth-order valence-corrected chi connectivity index (χ4v) is 2.67. The maximum absolute atomic E-state index is 11.0. The van der Waals surface area contributed by atoms with Crippen molar-refractivity contribution in [1.82, 2.24) is 15.2 Å². The van der Waals surface area contributed by atoms with E-state index in [0.717, 1.165) is 24.2 Å². The monoisotopic (exact) mass is 312 g/mol. The lowest BCUT2D eigenvalue weighted by Crippen LogP contribution is -2.17. The predicted octanol–water partition coefficient (Wildman–Crippen LogP) is 2.93. The second kappa shape index (κ2) is 7.04. The van der Waals surface area contributed by atoms with Crippen LogP contribution in [0.5, 0.6) is 0 Å². The molecule has 23 heavy (non-hydrogen) atoms. The van der Waals surface area contributed by atoms with E-state index in [1.54, 1.807) is 6.20 Å². The molecule has 7 heteroatoms. The summed E-state index contributed by atoms with van der Waals surface area (Å²) in [5, 5.41) is 17.3. The predicted molar refractivity (Wildman–Crippen MR) is 89.7 cm³/mol. The van der Waals surface area contributed by atoms with Crippen LogP contribution in [-0.2, 0) is 4.79 Å². The Bertz CT molecular complexity index is 667. The zero-order valence-electron chi connectivity index (χ0n) is 13.0. The first-order valence-corrected chi connectivity index (χ1v) is 7.80. The number of anilines is 4. The number of benzene rings is 1. The van der Waals surface area contributed by atoms with Crippen LogP contribution < -0.4 is 16.0 Å². The Morgan fingerprint density at radius 2 is 1.83 bits per heavy atom. The third-order valence-corrected chi connectivity index (χ3v) is 3.72. The standard InChI is InChI=1S/C16H20N6O/c1-11(23)18-13-6-8-14(9-7-13)19-15-10-17-22-16(21-15)20-12-4-2-3-5-12/h6-10,12H,2-5H2,1H3,(H,18,23)(H2,19,20,21,22). The number of hydrogen-bond donors (Lipinski definition) is 3. The van der Waals surface area contributed by atoms with Crippen molar-refractivity contribution in [1.29, 1.82) is 0 Å². The third kappa shape index (κ3) is 4.38. The Morgan fingerprint density at radius 3 is 2.52 bits per heavy atom. The molecular weight excluding hydrogens is 292 g/mol. The van der Waals surface area contributed by atoms with Crippen molar-refractivity contribution in [2.24, 2.45) is 0 Å². The fourth-order valence-electron chi connectivity index (χ4n) is 2.67. The molecule has 0 radical (unpaired) electrons. The van der Waals surface area contributed by atoms with Crippen molar-refractivity contribution in [3.63, 3.8) is 0 Å². The van der Waals surface area contributed by atoms with E-state index in [9.17, 15) is 4.79 Å². The fraction of sp³-hybridized carbons (Fsp3) is 0.375. The molecule has 0 atom stereocenters. The van der Waals surface area contributed by atoms with E-state index in [-0.39, 0.29) is 5.91 Å². The summed E-state index contributed by atoms with van der Waals surface area (Å²) in [5.41, 5.74) is 1.62. The Hall–Kier alpha value is -2.70. The van der Waals surface area contributed by atoms with Gasteiger partial charge in [-0.1, -0.05) is 12.8 Å². The molecular formula is C16H20N6O. The van der Waals surface area contributed by atoms with Gasteiger partial charge in [-0.2, -0.15) is 10.1 Å². The van der Waals surface area contributed by atoms with Crippen LogP contribution in [0.15, 0.2) is 30.5 Å². The molecule has 1 saturated carbocycles. The van der Waals surface area contributed by atoms with Gasteiger partial charge in [-0.05, 0) is 37.1 Å². The minimum atomic E-state index is -0.0895. The molecule has 0 unspecified atom stereocenters. The Balaban J connectivity index is 1.63. The highest BCUT2D eigenvalue weighted by Crippen LogP contribution is 2.21. The van der Waals surface area contributed by atoms with Gasteiger partial charge in [0.25, 0.3) is 0 Å². The van der Waals surface area contributed by atoms with Gasteiger partial charge in [0.05, 0.1) is 6.20 Å². The van der Waals surface area contributed by atoms with Gasteiger partial charge >= 0.3 is 0 Å². The van der Waals surface area contributed by atoms with Gasteiger partial charge in [-0.15, -0.1) is 5.10 Å². The number of nitrogens with zero attached hydrogens (tertiary/aromatic N) is 3. The quantitative estimate of drug-likeness (QED) is 0.786. The summed E-state index contributed by atoms with van der Waals surface area (Å²) in [6.07, 6.45) is 6.41. The third-order valence-electron chi connectivity index (χ3n) is 3.72. The molecule has 0 aliphatic heterocycles. The summed E-state index contributed by atoms with van der Waals surface area (Å²) in [6.45, 7) is 1.48. The minimum Gasteiger partial charge on any atom is -0.350 e. The summed E-state index contributed by atoms with van der Waals surface area (Å²) in [5.74, 6) is 1.10. The average molecular weight is 312 g/mol. The molecule has 1 aromatic heterocycles. The van der Waals surface area contributed by atoms with Crippen LogP contribution in [-0.4, -0.2) is 27.1 Å². The van der Waals surface area contributed by atoms with Crippen LogP contribution in [0.25, 0.3) is 0 Å². The number of rotatable bonds is 5. The zero-order chi connectivity index (χ0) is 16.1. The smallest absolute Gasteiger partial charge is 0.244 e. The Morgan fingerprint density at radius 1 is 1.13 bits per heavy atom. The van der Waals surface area contributed by atoms with E-state index in [1.165, 1.54) is 19.8 Å². The summed E-state index contributed by atoms with van der Waals surface area (Å²) >= 11 is 0. The number of carbonyl (C=O) groups is 1. The van der Waals surface area contributed by atoms with Crippen LogP contribution in [0.1, 0.15) is 32.6 Å². The molecule has 3 rings (SSSR count). The van der Waals surface area contributed by atoms with Gasteiger partial charge in [-0.3, -0.25) is 4.79 Å². The SMILES string of the molecule is CC(=O)Nc1ccc(Nc2cnnc(NC3CCCC3)n2)cc1. The van der Waals surface area contributed by atoms with Crippen LogP contribution in [0, 0.1) is 0 Å². The van der Waals surface area contributed by atoms with Crippen LogP contribution >= 0.6 is 0 Å². The first-order valence-electron chi connectivity index (χ1n) is 7.80. The normalized spacial score (nSPS) is 14.5. The molecule has 1 aliphatic rings. The number of aromatic nitrogens is 3. The summed E-state index contributed by atoms with van der Waals surface area (Å²) in [4.78, 5) is 15.4. The molecule has 2 aromatic rings. The molecule has 1 heterocycles. The van der Waals surface area contributed by atoms with E-state index >= 15 is 0 Å². The average Bonchev–Trinajstić information content (AvgIpc) is 3.02. The lowest BCUT2D eigenvalue weighted by Gasteiger charge is -2.12. The van der Waals surface area contributed by atoms with E-state index in [4.69, 9.17) is 0 Å². The number of nitrogens with one attached hydrogen (secondary N) is 3. The second-order valence-electron chi connectivity index (χ2n) is 5.67. The molecule has 0 bridgehead atoms. The molecule has 0 spiro atoms. The highest BCUT2D eigenvalue weighted by Gasteiger charge is 2.15. The highest BCUT2D eigenvalue weighted by molar-refractivity contribution is 5.88. The van der Waals surface area contributed by atoms with Crippen molar-refractivity contribution in [2.45, 2.75) is 38.6 Å². The Kier molecular flexibility index (Phi) is 4.65. The van der Waals surface area contributed by atoms with Crippen LogP contribution in [0.4, 0.5) is 23.1 Å². The topological polar surface area (TPSA) is 91.8 Å². The molecule has 1 aliphatic carbocycles. The van der Waals surface area contributed by atoms with Crippen molar-refractivity contribution in [3.05, 3.63) is 30.5 Å². The van der Waals surface area contributed by atoms with Crippen molar-refractivity contribution in [2.75, 3.05) is 16.0 Å². The lowest BCUT2D eigenvalue weighted by atomic mass is 10.2. The highest BCUT2D eigenvalue weighted by atomic mass is 16.1. The first kappa shape index (κ1) is 15.2. The summed E-state index contributed by atoms with van der Waals surface area (Å²) in [7, 11) is 0. The van der Waals surface area contributed by atoms with Gasteiger partial charge < -0.3 is 16.0 Å². The number of hydrogen-bond acceptors (Lipinski definition) is 6. The zero-order valence-corrected chi connectivity index (χ0v) is 13.0. The molecule has 3 N–H and O–H groups in total.